The molecule has 1 N–H and O–H groups in total. The summed E-state index contributed by atoms with van der Waals surface area (Å²) in [6.45, 7) is 1.44. The number of carbonyl (C=O) groups is 2. The topological polar surface area (TPSA) is 55.4 Å². The molecule has 4 heteroatoms. The van der Waals surface area contributed by atoms with Crippen molar-refractivity contribution in [3.05, 3.63) is 65.7 Å². The lowest BCUT2D eigenvalue weighted by Gasteiger charge is -2.02. The molecule has 2 aromatic carbocycles. The van der Waals surface area contributed by atoms with Crippen molar-refractivity contribution in [3.8, 4) is 5.75 Å². The molecule has 0 aliphatic rings. The van der Waals surface area contributed by atoms with Gasteiger partial charge in [0.2, 0.25) is 5.91 Å². The molecule has 0 spiro atoms. The lowest BCUT2D eigenvalue weighted by Crippen LogP contribution is -2.05. The molecule has 22 heavy (non-hydrogen) atoms. The number of anilines is 1. The summed E-state index contributed by atoms with van der Waals surface area (Å²) in [6.07, 6.45) is 3.26. The van der Waals surface area contributed by atoms with Crippen LogP contribution in [0.5, 0.6) is 5.75 Å². The number of nitrogens with one attached hydrogen (secondary N) is 1. The van der Waals surface area contributed by atoms with Crippen LogP contribution in [0.4, 0.5) is 5.69 Å². The highest BCUT2D eigenvalue weighted by Gasteiger charge is 2.02. The summed E-state index contributed by atoms with van der Waals surface area (Å²) in [4.78, 5) is 23.0. The number of hydrogen-bond acceptors (Lipinski definition) is 3. The number of hydrogen-bond donors (Lipinski definition) is 1. The Labute approximate surface area is 129 Å². The van der Waals surface area contributed by atoms with Crippen LogP contribution >= 0.6 is 0 Å². The molecular weight excluding hydrogens is 278 g/mol. The van der Waals surface area contributed by atoms with Crippen LogP contribution in [0, 0.1) is 0 Å². The quantitative estimate of drug-likeness (QED) is 0.678. The van der Waals surface area contributed by atoms with Crippen LogP contribution in [0.15, 0.2) is 54.6 Å². The molecule has 0 unspecified atom stereocenters. The maximum Gasteiger partial charge on any atom is 0.221 e. The van der Waals surface area contributed by atoms with Gasteiger partial charge >= 0.3 is 0 Å². The fourth-order valence-corrected chi connectivity index (χ4v) is 1.93. The van der Waals surface area contributed by atoms with E-state index in [9.17, 15) is 9.59 Å². The third kappa shape index (κ3) is 4.31. The Morgan fingerprint density at radius 2 is 1.82 bits per heavy atom. The van der Waals surface area contributed by atoms with E-state index in [1.54, 1.807) is 37.5 Å². The molecule has 0 atom stereocenters. The second kappa shape index (κ2) is 7.22. The summed E-state index contributed by atoms with van der Waals surface area (Å²) in [5, 5.41) is 2.66. The van der Waals surface area contributed by atoms with Crippen LogP contribution in [0.3, 0.4) is 0 Å². The van der Waals surface area contributed by atoms with Crippen molar-refractivity contribution in [2.75, 3.05) is 12.4 Å². The zero-order chi connectivity index (χ0) is 15.9. The van der Waals surface area contributed by atoms with Gasteiger partial charge in [0, 0.05) is 18.2 Å². The number of methoxy groups -OCH3 is 1. The van der Waals surface area contributed by atoms with Gasteiger partial charge in [0.1, 0.15) is 5.75 Å². The van der Waals surface area contributed by atoms with Crippen molar-refractivity contribution in [1.82, 2.24) is 0 Å². The van der Waals surface area contributed by atoms with Crippen molar-refractivity contribution >= 4 is 23.5 Å². The fourth-order valence-electron chi connectivity index (χ4n) is 1.93. The standard InChI is InChI=1S/C18H17NO3/c1-13(20)19-16-9-7-15(8-10-16)18(21)11-6-14-4-3-5-17(12-14)22-2/h3-12H,1-2H3,(H,19,20). The summed E-state index contributed by atoms with van der Waals surface area (Å²) in [6, 6.07) is 14.2. The minimum atomic E-state index is -0.142. The van der Waals surface area contributed by atoms with Gasteiger partial charge in [0.25, 0.3) is 0 Å². The predicted molar refractivity (Wildman–Crippen MR) is 87.1 cm³/mol. The molecule has 0 aromatic heterocycles. The van der Waals surface area contributed by atoms with Crippen molar-refractivity contribution in [3.63, 3.8) is 0 Å². The lowest BCUT2D eigenvalue weighted by atomic mass is 10.1. The molecule has 0 fully saturated rings. The van der Waals surface area contributed by atoms with E-state index in [1.807, 2.05) is 24.3 Å². The normalized spacial score (nSPS) is 10.5. The van der Waals surface area contributed by atoms with Gasteiger partial charge < -0.3 is 10.1 Å². The van der Waals surface area contributed by atoms with Crippen molar-refractivity contribution in [1.29, 1.82) is 0 Å². The van der Waals surface area contributed by atoms with Crippen LogP contribution in [0.1, 0.15) is 22.8 Å². The fraction of sp³-hybridized carbons (Fsp3) is 0.111. The highest BCUT2D eigenvalue weighted by molar-refractivity contribution is 6.07. The third-order valence-corrected chi connectivity index (χ3v) is 3.01. The van der Waals surface area contributed by atoms with E-state index in [0.29, 0.717) is 11.3 Å². The van der Waals surface area contributed by atoms with Crippen LogP contribution in [-0.4, -0.2) is 18.8 Å². The number of allylic oxidation sites excluding steroid dienone is 1. The number of rotatable bonds is 5. The lowest BCUT2D eigenvalue weighted by molar-refractivity contribution is -0.114. The summed E-state index contributed by atoms with van der Waals surface area (Å²) >= 11 is 0. The average Bonchev–Trinajstić information content (AvgIpc) is 2.53. The Kier molecular flexibility index (Phi) is 5.09. The molecule has 2 rings (SSSR count). The molecule has 0 saturated heterocycles. The van der Waals surface area contributed by atoms with E-state index < -0.39 is 0 Å². The second-order valence-electron chi connectivity index (χ2n) is 4.73. The van der Waals surface area contributed by atoms with Crippen LogP contribution < -0.4 is 10.1 Å². The Balaban J connectivity index is 2.07. The molecule has 112 valence electrons. The highest BCUT2D eigenvalue weighted by atomic mass is 16.5. The van der Waals surface area contributed by atoms with Crippen molar-refractivity contribution in [2.45, 2.75) is 6.92 Å². The molecule has 2 aromatic rings. The van der Waals surface area contributed by atoms with Gasteiger partial charge in [0.15, 0.2) is 5.78 Å². The maximum atomic E-state index is 12.1. The molecule has 0 aliphatic heterocycles. The van der Waals surface area contributed by atoms with Crippen LogP contribution in [0.25, 0.3) is 6.08 Å². The minimum absolute atomic E-state index is 0.0998. The van der Waals surface area contributed by atoms with Crippen LogP contribution in [-0.2, 0) is 4.79 Å². The van der Waals surface area contributed by atoms with E-state index in [-0.39, 0.29) is 11.7 Å². The Bertz CT molecular complexity index is 703. The van der Waals surface area contributed by atoms with E-state index in [1.165, 1.54) is 13.0 Å². The van der Waals surface area contributed by atoms with Gasteiger partial charge in [-0.1, -0.05) is 18.2 Å². The number of ketones is 1. The van der Waals surface area contributed by atoms with Crippen LogP contribution in [0.2, 0.25) is 0 Å². The third-order valence-electron chi connectivity index (χ3n) is 3.01. The van der Waals surface area contributed by atoms with Gasteiger partial charge in [-0.15, -0.1) is 0 Å². The molecular formula is C18H17NO3. The zero-order valence-electron chi connectivity index (χ0n) is 12.5. The van der Waals surface area contributed by atoms with E-state index in [0.717, 1.165) is 11.3 Å². The summed E-state index contributed by atoms with van der Waals surface area (Å²) < 4.78 is 5.14. The molecule has 0 heterocycles. The smallest absolute Gasteiger partial charge is 0.221 e. The molecule has 0 aliphatic carbocycles. The number of benzene rings is 2. The molecule has 0 saturated carbocycles. The Morgan fingerprint density at radius 3 is 2.45 bits per heavy atom. The van der Waals surface area contributed by atoms with E-state index in [4.69, 9.17) is 4.74 Å². The van der Waals surface area contributed by atoms with E-state index in [2.05, 4.69) is 5.32 Å². The average molecular weight is 295 g/mol. The summed E-state index contributed by atoms with van der Waals surface area (Å²) in [7, 11) is 1.60. The Hall–Kier alpha value is -2.88. The van der Waals surface area contributed by atoms with E-state index >= 15 is 0 Å². The maximum absolute atomic E-state index is 12.1. The van der Waals surface area contributed by atoms with Gasteiger partial charge in [-0.25, -0.2) is 0 Å². The summed E-state index contributed by atoms with van der Waals surface area (Å²) in [5.74, 6) is 0.503. The van der Waals surface area contributed by atoms with Gasteiger partial charge in [-0.05, 0) is 48.0 Å². The van der Waals surface area contributed by atoms with Gasteiger partial charge in [-0.2, -0.15) is 0 Å². The summed E-state index contributed by atoms with van der Waals surface area (Å²) in [5.41, 5.74) is 2.12. The zero-order valence-corrected chi connectivity index (χ0v) is 12.5. The molecule has 1 amide bonds. The van der Waals surface area contributed by atoms with Gasteiger partial charge in [0.05, 0.1) is 7.11 Å². The monoisotopic (exact) mass is 295 g/mol. The minimum Gasteiger partial charge on any atom is -0.497 e. The molecule has 0 radical (unpaired) electrons. The first-order chi connectivity index (χ1) is 10.6. The Morgan fingerprint density at radius 1 is 1.09 bits per heavy atom. The van der Waals surface area contributed by atoms with Gasteiger partial charge in [-0.3, -0.25) is 9.59 Å². The largest absolute Gasteiger partial charge is 0.497 e. The molecule has 0 bridgehead atoms. The predicted octanol–water partition coefficient (Wildman–Crippen LogP) is 3.55. The number of amides is 1. The first-order valence-corrected chi connectivity index (χ1v) is 6.82. The first-order valence-electron chi connectivity index (χ1n) is 6.82. The van der Waals surface area contributed by atoms with Crippen molar-refractivity contribution < 1.29 is 14.3 Å². The molecule has 4 nitrogen and oxygen atoms in total. The number of carbonyl (C=O) groups excluding carboxylic acids is 2. The first kappa shape index (κ1) is 15.5. The van der Waals surface area contributed by atoms with Crippen molar-refractivity contribution in [2.24, 2.45) is 0 Å². The second-order valence-corrected chi connectivity index (χ2v) is 4.73. The number of ether oxygens (including phenoxy) is 1. The highest BCUT2D eigenvalue weighted by Crippen LogP contribution is 2.15. The SMILES string of the molecule is COc1cccc(C=CC(=O)c2ccc(NC(C)=O)cc2)c1.